The van der Waals surface area contributed by atoms with E-state index in [1.54, 1.807) is 0 Å². The van der Waals surface area contributed by atoms with Crippen LogP contribution in [0.2, 0.25) is 0 Å². The number of ether oxygens (including phenoxy) is 1. The maximum Gasteiger partial charge on any atom is 0.159 e. The zero-order chi connectivity index (χ0) is 12.3. The van der Waals surface area contributed by atoms with Gasteiger partial charge in [-0.1, -0.05) is 6.07 Å². The normalized spacial score (nSPS) is 17.2. The van der Waals surface area contributed by atoms with Crippen LogP contribution in [-0.4, -0.2) is 17.8 Å². The Bertz CT molecular complexity index is 429. The molecule has 0 aliphatic carbocycles. The third kappa shape index (κ3) is 3.03. The summed E-state index contributed by atoms with van der Waals surface area (Å²) in [4.78, 5) is 0. The summed E-state index contributed by atoms with van der Waals surface area (Å²) in [7, 11) is 0. The molecule has 1 aromatic rings. The van der Waals surface area contributed by atoms with E-state index in [9.17, 15) is 13.9 Å². The molecule has 0 radical (unpaired) electrons. The molecule has 1 aliphatic rings. The van der Waals surface area contributed by atoms with Gasteiger partial charge in [-0.15, -0.1) is 0 Å². The van der Waals surface area contributed by atoms with Gasteiger partial charge < -0.3 is 9.84 Å². The zero-order valence-electron chi connectivity index (χ0n) is 9.33. The van der Waals surface area contributed by atoms with Gasteiger partial charge in [0, 0.05) is 6.42 Å². The topological polar surface area (TPSA) is 29.5 Å². The minimum absolute atomic E-state index is 0.225. The van der Waals surface area contributed by atoms with E-state index in [1.807, 2.05) is 6.08 Å². The van der Waals surface area contributed by atoms with Crippen LogP contribution in [0.25, 0.3) is 0 Å². The summed E-state index contributed by atoms with van der Waals surface area (Å²) in [5, 5.41) is 9.88. The molecule has 1 aliphatic heterocycles. The van der Waals surface area contributed by atoms with Gasteiger partial charge in [0.2, 0.25) is 0 Å². The second-order valence-corrected chi connectivity index (χ2v) is 4.07. The van der Waals surface area contributed by atoms with Crippen LogP contribution in [0.5, 0.6) is 0 Å². The minimum Gasteiger partial charge on any atom is -0.495 e. The second-order valence-electron chi connectivity index (χ2n) is 4.07. The van der Waals surface area contributed by atoms with E-state index in [1.165, 1.54) is 6.07 Å². The summed E-state index contributed by atoms with van der Waals surface area (Å²) >= 11 is 0. The zero-order valence-corrected chi connectivity index (χ0v) is 9.33. The van der Waals surface area contributed by atoms with Crippen LogP contribution in [0, 0.1) is 11.6 Å². The molecule has 0 fully saturated rings. The van der Waals surface area contributed by atoms with Gasteiger partial charge in [-0.05, 0) is 36.6 Å². The monoisotopic (exact) mass is 240 g/mol. The van der Waals surface area contributed by atoms with E-state index >= 15 is 0 Å². The third-order valence-corrected chi connectivity index (χ3v) is 2.70. The minimum atomic E-state index is -0.895. The lowest BCUT2D eigenvalue weighted by molar-refractivity contribution is 0.0917. The van der Waals surface area contributed by atoms with Crippen molar-refractivity contribution in [1.82, 2.24) is 0 Å². The van der Waals surface area contributed by atoms with Crippen LogP contribution in [0.1, 0.15) is 18.4 Å². The van der Waals surface area contributed by atoms with Gasteiger partial charge in [0.05, 0.1) is 6.61 Å². The van der Waals surface area contributed by atoms with Crippen LogP contribution in [0.3, 0.4) is 0 Å². The highest BCUT2D eigenvalue weighted by molar-refractivity contribution is 5.20. The SMILES string of the molecule is OC(Cc1ccc(F)c(F)c1)C1=CCCCO1. The van der Waals surface area contributed by atoms with Gasteiger partial charge in [-0.25, -0.2) is 8.78 Å². The van der Waals surface area contributed by atoms with Crippen molar-refractivity contribution in [3.63, 3.8) is 0 Å². The standard InChI is InChI=1S/C13H14F2O2/c14-10-5-4-9(7-11(10)15)8-12(16)13-3-1-2-6-17-13/h3-5,7,12,16H,1-2,6,8H2. The second kappa shape index (κ2) is 5.27. The molecule has 0 spiro atoms. The van der Waals surface area contributed by atoms with Gasteiger partial charge in [0.15, 0.2) is 11.6 Å². The molecule has 0 saturated carbocycles. The molecular weight excluding hydrogens is 226 g/mol. The summed E-state index contributed by atoms with van der Waals surface area (Å²) in [6.07, 6.45) is 3.10. The number of aliphatic hydroxyl groups is 1. The van der Waals surface area contributed by atoms with Crippen LogP contribution in [0.4, 0.5) is 8.78 Å². The molecule has 1 atom stereocenters. The van der Waals surface area contributed by atoms with Crippen LogP contribution < -0.4 is 0 Å². The van der Waals surface area contributed by atoms with Crippen LogP contribution >= 0.6 is 0 Å². The molecule has 2 rings (SSSR count). The fourth-order valence-electron chi connectivity index (χ4n) is 1.80. The highest BCUT2D eigenvalue weighted by Crippen LogP contribution is 2.18. The number of benzene rings is 1. The van der Waals surface area contributed by atoms with E-state index in [0.29, 0.717) is 17.9 Å². The molecule has 1 aromatic carbocycles. The molecule has 1 unspecified atom stereocenters. The van der Waals surface area contributed by atoms with E-state index in [-0.39, 0.29) is 6.42 Å². The lowest BCUT2D eigenvalue weighted by atomic mass is 10.0. The van der Waals surface area contributed by atoms with E-state index < -0.39 is 17.7 Å². The number of hydrogen-bond donors (Lipinski definition) is 1. The first kappa shape index (κ1) is 12.0. The highest BCUT2D eigenvalue weighted by Gasteiger charge is 2.16. The van der Waals surface area contributed by atoms with Gasteiger partial charge in [-0.3, -0.25) is 0 Å². The van der Waals surface area contributed by atoms with Crippen LogP contribution in [-0.2, 0) is 11.2 Å². The molecule has 0 amide bonds. The van der Waals surface area contributed by atoms with E-state index in [0.717, 1.165) is 25.0 Å². The van der Waals surface area contributed by atoms with Gasteiger partial charge >= 0.3 is 0 Å². The molecule has 2 nitrogen and oxygen atoms in total. The number of rotatable bonds is 3. The average Bonchev–Trinajstić information content (AvgIpc) is 2.35. The Morgan fingerprint density at radius 2 is 2.12 bits per heavy atom. The van der Waals surface area contributed by atoms with Crippen molar-refractivity contribution in [3.8, 4) is 0 Å². The number of hydrogen-bond acceptors (Lipinski definition) is 2. The van der Waals surface area contributed by atoms with Crippen molar-refractivity contribution < 1.29 is 18.6 Å². The number of aliphatic hydroxyl groups excluding tert-OH is 1. The number of halogens is 2. The van der Waals surface area contributed by atoms with Crippen molar-refractivity contribution in [3.05, 3.63) is 47.2 Å². The first-order valence-corrected chi connectivity index (χ1v) is 5.61. The molecule has 0 saturated heterocycles. The molecule has 92 valence electrons. The Balaban J connectivity index is 2.04. The van der Waals surface area contributed by atoms with Gasteiger partial charge in [-0.2, -0.15) is 0 Å². The highest BCUT2D eigenvalue weighted by atomic mass is 19.2. The summed E-state index contributed by atoms with van der Waals surface area (Å²) in [5.41, 5.74) is 0.548. The Hall–Kier alpha value is -1.42. The third-order valence-electron chi connectivity index (χ3n) is 2.70. The van der Waals surface area contributed by atoms with Crippen molar-refractivity contribution >= 4 is 0 Å². The van der Waals surface area contributed by atoms with Crippen molar-refractivity contribution in [2.24, 2.45) is 0 Å². The quantitative estimate of drug-likeness (QED) is 0.879. The molecular formula is C13H14F2O2. The largest absolute Gasteiger partial charge is 0.495 e. The summed E-state index contributed by atoms with van der Waals surface area (Å²) in [6, 6.07) is 3.63. The number of allylic oxidation sites excluding steroid dienone is 1. The maximum atomic E-state index is 13.0. The fourth-order valence-corrected chi connectivity index (χ4v) is 1.80. The van der Waals surface area contributed by atoms with Gasteiger partial charge in [0.1, 0.15) is 11.9 Å². The van der Waals surface area contributed by atoms with E-state index in [4.69, 9.17) is 4.74 Å². The van der Waals surface area contributed by atoms with Crippen molar-refractivity contribution in [1.29, 1.82) is 0 Å². The van der Waals surface area contributed by atoms with Gasteiger partial charge in [0.25, 0.3) is 0 Å². The van der Waals surface area contributed by atoms with E-state index in [2.05, 4.69) is 0 Å². The summed E-state index contributed by atoms with van der Waals surface area (Å²) < 4.78 is 31.0. The fraction of sp³-hybridized carbons (Fsp3) is 0.385. The molecule has 0 aromatic heterocycles. The summed E-state index contributed by atoms with van der Waals surface area (Å²) in [6.45, 7) is 0.598. The predicted molar refractivity (Wildman–Crippen MR) is 59.3 cm³/mol. The van der Waals surface area contributed by atoms with Crippen molar-refractivity contribution in [2.75, 3.05) is 6.61 Å². The lowest BCUT2D eigenvalue weighted by Crippen LogP contribution is -2.18. The first-order valence-electron chi connectivity index (χ1n) is 5.61. The first-order chi connectivity index (χ1) is 8.16. The molecule has 1 heterocycles. The molecule has 0 bridgehead atoms. The predicted octanol–water partition coefficient (Wildman–Crippen LogP) is 2.56. The Morgan fingerprint density at radius 1 is 1.29 bits per heavy atom. The molecule has 1 N–H and O–H groups in total. The Morgan fingerprint density at radius 3 is 2.76 bits per heavy atom. The maximum absolute atomic E-state index is 13.0. The molecule has 17 heavy (non-hydrogen) atoms. The lowest BCUT2D eigenvalue weighted by Gasteiger charge is -2.19. The molecule has 4 heteroatoms. The van der Waals surface area contributed by atoms with Crippen LogP contribution in [0.15, 0.2) is 30.0 Å². The summed E-state index contributed by atoms with van der Waals surface area (Å²) in [5.74, 6) is -1.24. The smallest absolute Gasteiger partial charge is 0.159 e. The Labute approximate surface area is 98.5 Å². The Kier molecular flexibility index (Phi) is 3.74. The van der Waals surface area contributed by atoms with Crippen molar-refractivity contribution in [2.45, 2.75) is 25.4 Å². The average molecular weight is 240 g/mol.